The van der Waals surface area contributed by atoms with E-state index in [1.165, 1.54) is 0 Å². The topological polar surface area (TPSA) is 35.0 Å². The van der Waals surface area contributed by atoms with E-state index in [-0.39, 0.29) is 0 Å². The van der Waals surface area contributed by atoms with E-state index in [0.717, 1.165) is 32.6 Å². The van der Waals surface area contributed by atoms with E-state index in [0.29, 0.717) is 11.8 Å². The summed E-state index contributed by atoms with van der Waals surface area (Å²) in [5.41, 5.74) is 2.03. The van der Waals surface area contributed by atoms with Crippen LogP contribution >= 0.6 is 15.9 Å². The first-order valence-corrected chi connectivity index (χ1v) is 7.29. The zero-order valence-electron chi connectivity index (χ0n) is 12.0. The number of methoxy groups -OCH3 is 1. The van der Waals surface area contributed by atoms with Crippen LogP contribution < -0.4 is 4.74 Å². The molecule has 0 N–H and O–H groups in total. The van der Waals surface area contributed by atoms with Crippen LogP contribution in [0.25, 0.3) is 10.9 Å². The van der Waals surface area contributed by atoms with Gasteiger partial charge in [-0.2, -0.15) is 0 Å². The van der Waals surface area contributed by atoms with Gasteiger partial charge in [0.05, 0.1) is 22.8 Å². The first kappa shape index (κ1) is 14.3. The molecule has 0 radical (unpaired) electrons. The summed E-state index contributed by atoms with van der Waals surface area (Å²) in [4.78, 5) is 9.41. The molecule has 0 spiro atoms. The fourth-order valence-electron chi connectivity index (χ4n) is 2.04. The highest BCUT2D eigenvalue weighted by Crippen LogP contribution is 2.35. The summed E-state index contributed by atoms with van der Waals surface area (Å²) in [5, 5.41) is 1.09. The van der Waals surface area contributed by atoms with Crippen LogP contribution in [0.3, 0.4) is 0 Å². The van der Waals surface area contributed by atoms with Crippen molar-refractivity contribution in [2.45, 2.75) is 39.5 Å². The lowest BCUT2D eigenvalue weighted by atomic mass is 10.0. The van der Waals surface area contributed by atoms with Crippen molar-refractivity contribution < 1.29 is 4.74 Å². The van der Waals surface area contributed by atoms with Crippen molar-refractivity contribution in [3.05, 3.63) is 28.1 Å². The Balaban J connectivity index is 2.83. The minimum absolute atomic E-state index is 0.306. The van der Waals surface area contributed by atoms with Crippen molar-refractivity contribution in [3.8, 4) is 5.75 Å². The molecule has 0 aliphatic heterocycles. The van der Waals surface area contributed by atoms with Crippen LogP contribution in [0.1, 0.15) is 51.0 Å². The predicted molar refractivity (Wildman–Crippen MR) is 82.0 cm³/mol. The van der Waals surface area contributed by atoms with Gasteiger partial charge in [0, 0.05) is 11.3 Å². The molecule has 0 fully saturated rings. The number of ether oxygens (including phenoxy) is 1. The summed E-state index contributed by atoms with van der Waals surface area (Å²) in [5.74, 6) is 2.35. The number of rotatable bonds is 3. The van der Waals surface area contributed by atoms with Crippen LogP contribution in [0.5, 0.6) is 5.75 Å². The molecule has 2 aromatic rings. The van der Waals surface area contributed by atoms with Crippen molar-refractivity contribution >= 4 is 26.8 Å². The molecule has 0 atom stereocenters. The minimum atomic E-state index is 0.306. The summed E-state index contributed by atoms with van der Waals surface area (Å²) in [6.45, 7) is 8.53. The third-order valence-corrected chi connectivity index (χ3v) is 3.87. The molecule has 1 aromatic carbocycles. The highest BCUT2D eigenvalue weighted by molar-refractivity contribution is 9.10. The van der Waals surface area contributed by atoms with Crippen LogP contribution in [0.15, 0.2) is 16.6 Å². The van der Waals surface area contributed by atoms with Gasteiger partial charge in [-0.1, -0.05) is 27.7 Å². The molecule has 102 valence electrons. The summed E-state index contributed by atoms with van der Waals surface area (Å²) in [7, 11) is 1.67. The van der Waals surface area contributed by atoms with Gasteiger partial charge in [-0.05, 0) is 34.0 Å². The molecule has 1 heterocycles. The zero-order chi connectivity index (χ0) is 14.2. The van der Waals surface area contributed by atoms with Crippen LogP contribution in [-0.4, -0.2) is 17.1 Å². The van der Waals surface area contributed by atoms with Crippen molar-refractivity contribution in [1.29, 1.82) is 0 Å². The Morgan fingerprint density at radius 2 is 1.74 bits per heavy atom. The maximum Gasteiger partial charge on any atom is 0.135 e. The van der Waals surface area contributed by atoms with E-state index < -0.39 is 0 Å². The molecule has 0 saturated heterocycles. The maximum atomic E-state index is 5.35. The van der Waals surface area contributed by atoms with Crippen molar-refractivity contribution in [2.75, 3.05) is 7.11 Å². The Hall–Kier alpha value is -1.16. The van der Waals surface area contributed by atoms with Gasteiger partial charge in [0.15, 0.2) is 0 Å². The minimum Gasteiger partial charge on any atom is -0.495 e. The van der Waals surface area contributed by atoms with Gasteiger partial charge < -0.3 is 4.74 Å². The summed E-state index contributed by atoms with van der Waals surface area (Å²) >= 11 is 3.59. The molecule has 0 amide bonds. The molecule has 19 heavy (non-hydrogen) atoms. The molecule has 4 heteroatoms. The number of aromatic nitrogens is 2. The summed E-state index contributed by atoms with van der Waals surface area (Å²) in [6, 6.07) is 4.00. The number of hydrogen-bond acceptors (Lipinski definition) is 3. The quantitative estimate of drug-likeness (QED) is 0.825. The number of hydrogen-bond donors (Lipinski definition) is 0. The number of fused-ring (bicyclic) bond motifs is 1. The van der Waals surface area contributed by atoms with Crippen molar-refractivity contribution in [3.63, 3.8) is 0 Å². The molecule has 1 aromatic heterocycles. The normalized spacial score (nSPS) is 11.6. The Morgan fingerprint density at radius 3 is 2.26 bits per heavy atom. The number of halogens is 1. The highest BCUT2D eigenvalue weighted by Gasteiger charge is 2.16. The maximum absolute atomic E-state index is 5.35. The molecule has 3 nitrogen and oxygen atoms in total. The van der Waals surface area contributed by atoms with Gasteiger partial charge >= 0.3 is 0 Å². The van der Waals surface area contributed by atoms with E-state index in [1.54, 1.807) is 7.11 Å². The van der Waals surface area contributed by atoms with Crippen LogP contribution in [0, 0.1) is 0 Å². The van der Waals surface area contributed by atoms with Crippen molar-refractivity contribution in [1.82, 2.24) is 9.97 Å². The molecule has 2 rings (SSSR count). The van der Waals surface area contributed by atoms with Crippen molar-refractivity contribution in [2.24, 2.45) is 0 Å². The molecular formula is C15H19BrN2O. The van der Waals surface area contributed by atoms with Gasteiger partial charge in [0.1, 0.15) is 11.6 Å². The Labute approximate surface area is 122 Å². The first-order valence-electron chi connectivity index (χ1n) is 6.49. The number of nitrogens with zero attached hydrogens (tertiary/aromatic N) is 2. The smallest absolute Gasteiger partial charge is 0.135 e. The third-order valence-electron chi connectivity index (χ3n) is 3.10. The second kappa shape index (κ2) is 5.45. The average molecular weight is 323 g/mol. The first-order chi connectivity index (χ1) is 8.95. The van der Waals surface area contributed by atoms with E-state index in [9.17, 15) is 0 Å². The monoisotopic (exact) mass is 322 g/mol. The second-order valence-electron chi connectivity index (χ2n) is 5.25. The highest BCUT2D eigenvalue weighted by atomic mass is 79.9. The SMILES string of the molecule is COc1ccc2c(C(C)C)nc(C(C)C)nc2c1Br. The average Bonchev–Trinajstić information content (AvgIpc) is 2.38. The van der Waals surface area contributed by atoms with Gasteiger partial charge in [-0.25, -0.2) is 9.97 Å². The molecule has 0 aliphatic rings. The summed E-state index contributed by atoms with van der Waals surface area (Å²) in [6.07, 6.45) is 0. The lowest BCUT2D eigenvalue weighted by Gasteiger charge is -2.15. The Kier molecular flexibility index (Phi) is 4.09. The third kappa shape index (κ3) is 2.59. The summed E-state index contributed by atoms with van der Waals surface area (Å²) < 4.78 is 6.25. The number of benzene rings is 1. The van der Waals surface area contributed by atoms with E-state index >= 15 is 0 Å². The Bertz CT molecular complexity index is 609. The lowest BCUT2D eigenvalue weighted by molar-refractivity contribution is 0.413. The molecule has 0 unspecified atom stereocenters. The van der Waals surface area contributed by atoms with Crippen LogP contribution in [-0.2, 0) is 0 Å². The van der Waals surface area contributed by atoms with E-state index in [2.05, 4.69) is 48.6 Å². The van der Waals surface area contributed by atoms with Gasteiger partial charge in [0.2, 0.25) is 0 Å². The molecule has 0 aliphatic carbocycles. The molecular weight excluding hydrogens is 304 g/mol. The lowest BCUT2D eigenvalue weighted by Crippen LogP contribution is -2.05. The van der Waals surface area contributed by atoms with Gasteiger partial charge in [0.25, 0.3) is 0 Å². The van der Waals surface area contributed by atoms with Gasteiger partial charge in [-0.3, -0.25) is 0 Å². The second-order valence-corrected chi connectivity index (χ2v) is 6.05. The van der Waals surface area contributed by atoms with Crippen LogP contribution in [0.4, 0.5) is 0 Å². The molecule has 0 bridgehead atoms. The Morgan fingerprint density at radius 1 is 1.05 bits per heavy atom. The fourth-order valence-corrected chi connectivity index (χ4v) is 2.64. The largest absolute Gasteiger partial charge is 0.495 e. The van der Waals surface area contributed by atoms with Crippen LogP contribution in [0.2, 0.25) is 0 Å². The van der Waals surface area contributed by atoms with Gasteiger partial charge in [-0.15, -0.1) is 0 Å². The fraction of sp³-hybridized carbons (Fsp3) is 0.467. The molecule has 0 saturated carbocycles. The van der Waals surface area contributed by atoms with E-state index in [1.807, 2.05) is 12.1 Å². The predicted octanol–water partition coefficient (Wildman–Crippen LogP) is 4.65. The zero-order valence-corrected chi connectivity index (χ0v) is 13.6. The standard InChI is InChI=1S/C15H19BrN2O/c1-8(2)13-10-6-7-11(19-5)12(16)14(10)18-15(17-13)9(3)4/h6-9H,1-5H3. The van der Waals surface area contributed by atoms with E-state index in [4.69, 9.17) is 9.72 Å².